The Balaban J connectivity index is 2.33. The summed E-state index contributed by atoms with van der Waals surface area (Å²) in [5.74, 6) is -0.297. The molecule has 0 aromatic heterocycles. The Morgan fingerprint density at radius 3 is 2.68 bits per heavy atom. The predicted octanol–water partition coefficient (Wildman–Crippen LogP) is 2.81. The van der Waals surface area contributed by atoms with Crippen LogP contribution in [0.2, 0.25) is 10.0 Å². The minimum absolute atomic E-state index is 0.0291. The van der Waals surface area contributed by atoms with Crippen molar-refractivity contribution < 1.29 is 19.1 Å². The predicted molar refractivity (Wildman–Crippen MR) is 71.6 cm³/mol. The molecule has 102 valence electrons. The lowest BCUT2D eigenvalue weighted by atomic mass is 10.3. The van der Waals surface area contributed by atoms with Crippen molar-refractivity contribution in [1.29, 1.82) is 0 Å². The Morgan fingerprint density at radius 2 is 2.05 bits per heavy atom. The first-order valence-corrected chi connectivity index (χ1v) is 5.98. The Labute approximate surface area is 120 Å². The topological polar surface area (TPSA) is 64.6 Å². The fraction of sp³-hybridized carbons (Fsp3) is 0.167. The van der Waals surface area contributed by atoms with Gasteiger partial charge < -0.3 is 14.8 Å². The third-order valence-corrected chi connectivity index (χ3v) is 2.62. The standard InChI is InChI=1S/C12H11Cl2NO4/c1-2-11(16)18-6-5-15-12(17)19-8-3-4-9(13)10(14)7-8/h2-4,7H,1,5-6H2,(H,15,17). The Kier molecular flexibility index (Phi) is 6.18. The van der Waals surface area contributed by atoms with E-state index in [-0.39, 0.29) is 23.9 Å². The van der Waals surface area contributed by atoms with E-state index < -0.39 is 12.1 Å². The van der Waals surface area contributed by atoms with Gasteiger partial charge in [0.05, 0.1) is 16.6 Å². The molecule has 0 heterocycles. The molecule has 0 fully saturated rings. The van der Waals surface area contributed by atoms with Crippen LogP contribution < -0.4 is 10.1 Å². The molecule has 0 aliphatic rings. The molecule has 1 aromatic rings. The van der Waals surface area contributed by atoms with Gasteiger partial charge in [0.25, 0.3) is 0 Å². The van der Waals surface area contributed by atoms with Crippen LogP contribution in [0.1, 0.15) is 0 Å². The first kappa shape index (κ1) is 15.3. The van der Waals surface area contributed by atoms with Crippen LogP contribution in [0.5, 0.6) is 5.75 Å². The van der Waals surface area contributed by atoms with Gasteiger partial charge in [-0.15, -0.1) is 0 Å². The summed E-state index contributed by atoms with van der Waals surface area (Å²) < 4.78 is 9.59. The first-order valence-electron chi connectivity index (χ1n) is 5.23. The van der Waals surface area contributed by atoms with Crippen molar-refractivity contribution in [3.63, 3.8) is 0 Å². The normalized spacial score (nSPS) is 9.58. The summed E-state index contributed by atoms with van der Waals surface area (Å²) >= 11 is 11.5. The zero-order valence-corrected chi connectivity index (χ0v) is 11.3. The molecule has 1 N–H and O–H groups in total. The van der Waals surface area contributed by atoms with Crippen molar-refractivity contribution in [2.45, 2.75) is 0 Å². The largest absolute Gasteiger partial charge is 0.461 e. The number of ether oxygens (including phenoxy) is 2. The van der Waals surface area contributed by atoms with Gasteiger partial charge in [0, 0.05) is 12.1 Å². The van der Waals surface area contributed by atoms with Gasteiger partial charge in [0.1, 0.15) is 12.4 Å². The summed E-state index contributed by atoms with van der Waals surface area (Å²) in [6.07, 6.45) is 0.349. The highest BCUT2D eigenvalue weighted by Crippen LogP contribution is 2.26. The van der Waals surface area contributed by atoms with Gasteiger partial charge in [-0.05, 0) is 12.1 Å². The highest BCUT2D eigenvalue weighted by molar-refractivity contribution is 6.42. The molecule has 1 aromatic carbocycles. The number of carbonyl (C=O) groups excluding carboxylic acids is 2. The molecule has 0 bridgehead atoms. The average molecular weight is 304 g/mol. The van der Waals surface area contributed by atoms with Crippen LogP contribution in [-0.2, 0) is 9.53 Å². The fourth-order valence-corrected chi connectivity index (χ4v) is 1.34. The summed E-state index contributed by atoms with van der Waals surface area (Å²) in [6, 6.07) is 4.44. The van der Waals surface area contributed by atoms with Crippen LogP contribution in [0.25, 0.3) is 0 Å². The third kappa shape index (κ3) is 5.63. The molecule has 0 radical (unpaired) electrons. The van der Waals surface area contributed by atoms with Gasteiger partial charge in [-0.3, -0.25) is 0 Å². The van der Waals surface area contributed by atoms with Crippen molar-refractivity contribution in [3.05, 3.63) is 40.9 Å². The maximum atomic E-state index is 11.4. The van der Waals surface area contributed by atoms with Crippen LogP contribution in [-0.4, -0.2) is 25.2 Å². The molecule has 0 unspecified atom stereocenters. The maximum absolute atomic E-state index is 11.4. The third-order valence-electron chi connectivity index (χ3n) is 1.88. The van der Waals surface area contributed by atoms with Crippen LogP contribution in [0.3, 0.4) is 0 Å². The highest BCUT2D eigenvalue weighted by Gasteiger charge is 2.06. The molecule has 0 atom stereocenters. The number of carbonyl (C=O) groups is 2. The summed E-state index contributed by atoms with van der Waals surface area (Å²) in [4.78, 5) is 22.1. The molecule has 1 amide bonds. The van der Waals surface area contributed by atoms with E-state index in [2.05, 4.69) is 16.6 Å². The number of esters is 1. The number of rotatable bonds is 5. The van der Waals surface area contributed by atoms with Crippen LogP contribution in [0, 0.1) is 0 Å². The van der Waals surface area contributed by atoms with Crippen molar-refractivity contribution in [3.8, 4) is 5.75 Å². The van der Waals surface area contributed by atoms with Crippen molar-refractivity contribution >= 4 is 35.3 Å². The summed E-state index contributed by atoms with van der Waals surface area (Å²) in [5, 5.41) is 3.05. The second-order valence-corrected chi connectivity index (χ2v) is 4.08. The SMILES string of the molecule is C=CC(=O)OCCNC(=O)Oc1ccc(Cl)c(Cl)c1. The second-order valence-electron chi connectivity index (χ2n) is 3.26. The van der Waals surface area contributed by atoms with E-state index in [0.717, 1.165) is 6.08 Å². The molecular formula is C12H11Cl2NO4. The lowest BCUT2D eigenvalue weighted by molar-refractivity contribution is -0.137. The average Bonchev–Trinajstić information content (AvgIpc) is 2.38. The number of halogens is 2. The molecule has 19 heavy (non-hydrogen) atoms. The molecule has 0 aliphatic carbocycles. The van der Waals surface area contributed by atoms with Gasteiger partial charge in [0.15, 0.2) is 0 Å². The van der Waals surface area contributed by atoms with E-state index in [1.165, 1.54) is 18.2 Å². The number of hydrogen-bond donors (Lipinski definition) is 1. The van der Waals surface area contributed by atoms with E-state index >= 15 is 0 Å². The maximum Gasteiger partial charge on any atom is 0.412 e. The van der Waals surface area contributed by atoms with E-state index in [0.29, 0.717) is 5.02 Å². The lowest BCUT2D eigenvalue weighted by Crippen LogP contribution is -2.30. The van der Waals surface area contributed by atoms with Gasteiger partial charge in [-0.25, -0.2) is 9.59 Å². The first-order chi connectivity index (χ1) is 9.02. The minimum Gasteiger partial charge on any atom is -0.461 e. The van der Waals surface area contributed by atoms with Crippen molar-refractivity contribution in [1.82, 2.24) is 5.32 Å². The van der Waals surface area contributed by atoms with Crippen molar-refractivity contribution in [2.24, 2.45) is 0 Å². The van der Waals surface area contributed by atoms with Crippen molar-refractivity contribution in [2.75, 3.05) is 13.2 Å². The molecule has 7 heteroatoms. The van der Waals surface area contributed by atoms with E-state index in [9.17, 15) is 9.59 Å². The smallest absolute Gasteiger partial charge is 0.412 e. The summed E-state index contributed by atoms with van der Waals surface area (Å²) in [5.41, 5.74) is 0. The minimum atomic E-state index is -0.687. The number of hydrogen-bond acceptors (Lipinski definition) is 4. The highest BCUT2D eigenvalue weighted by atomic mass is 35.5. The number of nitrogens with one attached hydrogen (secondary N) is 1. The summed E-state index contributed by atoms with van der Waals surface area (Å²) in [7, 11) is 0. The molecule has 0 saturated carbocycles. The van der Waals surface area contributed by atoms with Crippen LogP contribution in [0.15, 0.2) is 30.9 Å². The van der Waals surface area contributed by atoms with Gasteiger partial charge >= 0.3 is 12.1 Å². The van der Waals surface area contributed by atoms with Crippen LogP contribution in [0.4, 0.5) is 4.79 Å². The quantitative estimate of drug-likeness (QED) is 0.516. The van der Waals surface area contributed by atoms with Gasteiger partial charge in [-0.1, -0.05) is 29.8 Å². The monoisotopic (exact) mass is 303 g/mol. The van der Waals surface area contributed by atoms with E-state index in [1.807, 2.05) is 0 Å². The van der Waals surface area contributed by atoms with Gasteiger partial charge in [-0.2, -0.15) is 0 Å². The zero-order chi connectivity index (χ0) is 14.3. The molecule has 1 rings (SSSR count). The number of benzene rings is 1. The molecule has 0 aliphatic heterocycles. The summed E-state index contributed by atoms with van der Waals surface area (Å²) in [6.45, 7) is 3.39. The van der Waals surface area contributed by atoms with Crippen LogP contribution >= 0.6 is 23.2 Å². The Hall–Kier alpha value is -1.72. The lowest BCUT2D eigenvalue weighted by Gasteiger charge is -2.07. The molecule has 5 nitrogen and oxygen atoms in total. The molecule has 0 saturated heterocycles. The molecular weight excluding hydrogens is 293 g/mol. The number of amides is 1. The Morgan fingerprint density at radius 1 is 1.32 bits per heavy atom. The van der Waals surface area contributed by atoms with Gasteiger partial charge in [0.2, 0.25) is 0 Å². The fourth-order valence-electron chi connectivity index (χ4n) is 1.05. The zero-order valence-electron chi connectivity index (χ0n) is 9.82. The van der Waals surface area contributed by atoms with E-state index in [1.54, 1.807) is 0 Å². The van der Waals surface area contributed by atoms with E-state index in [4.69, 9.17) is 27.9 Å². The molecule has 0 spiro atoms. The Bertz CT molecular complexity index is 491. The second kappa shape index (κ2) is 7.66.